The Hall–Kier alpha value is -2.07. The minimum atomic E-state index is -0.358. The van der Waals surface area contributed by atoms with Crippen LogP contribution < -0.4 is 5.32 Å². The molecule has 0 fully saturated rings. The normalized spacial score (nSPS) is 11.3. The van der Waals surface area contributed by atoms with Crippen LogP contribution in [0.15, 0.2) is 45.2 Å². The van der Waals surface area contributed by atoms with Gasteiger partial charge in [-0.1, -0.05) is 19.1 Å². The summed E-state index contributed by atoms with van der Waals surface area (Å²) in [5.41, 5.74) is 0.266. The van der Waals surface area contributed by atoms with Gasteiger partial charge in [-0.3, -0.25) is 0 Å². The Kier molecular flexibility index (Phi) is 3.09. The van der Waals surface area contributed by atoms with Crippen molar-refractivity contribution in [3.63, 3.8) is 0 Å². The summed E-state index contributed by atoms with van der Waals surface area (Å²) in [5.74, 6) is 1.63. The number of furan rings is 2. The fraction of sp³-hybridized carbons (Fsp3) is 0.200. The molecule has 19 heavy (non-hydrogen) atoms. The first-order valence-corrected chi connectivity index (χ1v) is 6.26. The molecule has 4 heteroatoms. The van der Waals surface area contributed by atoms with Crippen LogP contribution in [0.25, 0.3) is 22.5 Å². The van der Waals surface area contributed by atoms with Crippen molar-refractivity contribution in [1.82, 2.24) is 5.32 Å². The average molecular weight is 259 g/mol. The summed E-state index contributed by atoms with van der Waals surface area (Å²) in [7, 11) is 0. The maximum absolute atomic E-state index is 13.6. The van der Waals surface area contributed by atoms with Gasteiger partial charge < -0.3 is 14.2 Å². The molecule has 0 saturated carbocycles. The van der Waals surface area contributed by atoms with Crippen molar-refractivity contribution >= 4 is 11.0 Å². The monoisotopic (exact) mass is 259 g/mol. The van der Waals surface area contributed by atoms with Gasteiger partial charge in [0.05, 0.1) is 6.54 Å². The third-order valence-electron chi connectivity index (χ3n) is 2.95. The zero-order valence-electron chi connectivity index (χ0n) is 10.6. The highest BCUT2D eigenvalue weighted by Crippen LogP contribution is 2.30. The lowest BCUT2D eigenvalue weighted by Gasteiger charge is -1.96. The van der Waals surface area contributed by atoms with Gasteiger partial charge in [-0.15, -0.1) is 0 Å². The average Bonchev–Trinajstić information content (AvgIpc) is 3.03. The van der Waals surface area contributed by atoms with Gasteiger partial charge in [0.1, 0.15) is 5.76 Å². The lowest BCUT2D eigenvalue weighted by atomic mass is 10.2. The van der Waals surface area contributed by atoms with Crippen LogP contribution in [0.3, 0.4) is 0 Å². The fourth-order valence-electron chi connectivity index (χ4n) is 2.00. The fourth-order valence-corrected chi connectivity index (χ4v) is 2.00. The summed E-state index contributed by atoms with van der Waals surface area (Å²) >= 11 is 0. The van der Waals surface area contributed by atoms with Gasteiger partial charge in [-0.25, -0.2) is 4.39 Å². The van der Waals surface area contributed by atoms with E-state index in [1.165, 1.54) is 6.07 Å². The predicted molar refractivity (Wildman–Crippen MR) is 71.3 cm³/mol. The lowest BCUT2D eigenvalue weighted by molar-refractivity contribution is 0.480. The number of fused-ring (bicyclic) bond motifs is 1. The second-order valence-electron chi connectivity index (χ2n) is 4.32. The topological polar surface area (TPSA) is 38.3 Å². The van der Waals surface area contributed by atoms with Crippen LogP contribution in [-0.2, 0) is 6.54 Å². The van der Waals surface area contributed by atoms with Crippen molar-refractivity contribution in [3.05, 3.63) is 48.0 Å². The van der Waals surface area contributed by atoms with Crippen LogP contribution in [0, 0.1) is 5.82 Å². The molecule has 98 valence electrons. The number of hydrogen-bond donors (Lipinski definition) is 1. The molecule has 0 radical (unpaired) electrons. The number of hydrogen-bond acceptors (Lipinski definition) is 3. The molecule has 0 atom stereocenters. The molecular formula is C15H14FNO2. The van der Waals surface area contributed by atoms with E-state index in [1.807, 2.05) is 25.1 Å². The molecule has 1 aromatic carbocycles. The minimum Gasteiger partial charge on any atom is -0.456 e. The first-order valence-electron chi connectivity index (χ1n) is 6.26. The molecule has 1 N–H and O–H groups in total. The summed E-state index contributed by atoms with van der Waals surface area (Å²) < 4.78 is 24.7. The molecule has 0 aliphatic rings. The molecule has 2 heterocycles. The Morgan fingerprint density at radius 3 is 2.79 bits per heavy atom. The van der Waals surface area contributed by atoms with Gasteiger partial charge in [-0.2, -0.15) is 0 Å². The molecular weight excluding hydrogens is 245 g/mol. The number of nitrogens with one attached hydrogen (secondary N) is 1. The van der Waals surface area contributed by atoms with E-state index in [1.54, 1.807) is 12.1 Å². The van der Waals surface area contributed by atoms with E-state index in [0.29, 0.717) is 18.1 Å². The Morgan fingerprint density at radius 2 is 2.00 bits per heavy atom. The van der Waals surface area contributed by atoms with E-state index in [0.717, 1.165) is 17.7 Å². The van der Waals surface area contributed by atoms with Crippen LogP contribution in [0.5, 0.6) is 0 Å². The number of benzene rings is 1. The minimum absolute atomic E-state index is 0.266. The Labute approximate surface area is 110 Å². The molecule has 0 spiro atoms. The van der Waals surface area contributed by atoms with E-state index in [2.05, 4.69) is 5.32 Å². The Balaban J connectivity index is 1.95. The first-order chi connectivity index (χ1) is 9.28. The summed E-state index contributed by atoms with van der Waals surface area (Å²) in [4.78, 5) is 0. The van der Waals surface area contributed by atoms with Crippen molar-refractivity contribution in [2.75, 3.05) is 6.54 Å². The van der Waals surface area contributed by atoms with Crippen molar-refractivity contribution in [1.29, 1.82) is 0 Å². The van der Waals surface area contributed by atoms with Gasteiger partial charge in [0, 0.05) is 5.39 Å². The SMILES string of the molecule is CCNCc1ccc(-c2cc3cccc(F)c3o2)o1. The predicted octanol–water partition coefficient (Wildman–Crippen LogP) is 3.94. The molecule has 2 aromatic heterocycles. The van der Waals surface area contributed by atoms with Crippen molar-refractivity contribution < 1.29 is 13.2 Å². The van der Waals surface area contributed by atoms with E-state index in [9.17, 15) is 4.39 Å². The van der Waals surface area contributed by atoms with Gasteiger partial charge in [-0.05, 0) is 30.8 Å². The second kappa shape index (κ2) is 4.90. The highest BCUT2D eigenvalue weighted by atomic mass is 19.1. The molecule has 3 rings (SSSR count). The summed E-state index contributed by atoms with van der Waals surface area (Å²) in [5, 5.41) is 3.92. The Bertz CT molecular complexity index is 699. The van der Waals surface area contributed by atoms with Crippen LogP contribution in [-0.4, -0.2) is 6.54 Å². The number of halogens is 1. The highest BCUT2D eigenvalue weighted by Gasteiger charge is 2.12. The van der Waals surface area contributed by atoms with Crippen molar-refractivity contribution in [3.8, 4) is 11.5 Å². The third kappa shape index (κ3) is 2.27. The molecule has 3 nitrogen and oxygen atoms in total. The quantitative estimate of drug-likeness (QED) is 0.771. The molecule has 0 amide bonds. The third-order valence-corrected chi connectivity index (χ3v) is 2.95. The van der Waals surface area contributed by atoms with Crippen molar-refractivity contribution in [2.24, 2.45) is 0 Å². The van der Waals surface area contributed by atoms with Crippen LogP contribution in [0.4, 0.5) is 4.39 Å². The second-order valence-corrected chi connectivity index (χ2v) is 4.32. The first kappa shape index (κ1) is 12.0. The van der Waals surface area contributed by atoms with Gasteiger partial charge in [0.2, 0.25) is 0 Å². The molecule has 0 aliphatic carbocycles. The maximum atomic E-state index is 13.6. The van der Waals surface area contributed by atoms with Crippen molar-refractivity contribution in [2.45, 2.75) is 13.5 Å². The van der Waals surface area contributed by atoms with Crippen LogP contribution in [0.2, 0.25) is 0 Å². The van der Waals surface area contributed by atoms with E-state index >= 15 is 0 Å². The molecule has 0 aliphatic heterocycles. The summed E-state index contributed by atoms with van der Waals surface area (Å²) in [6, 6.07) is 10.4. The van der Waals surface area contributed by atoms with Crippen LogP contribution in [0.1, 0.15) is 12.7 Å². The molecule has 3 aromatic rings. The Morgan fingerprint density at radius 1 is 1.11 bits per heavy atom. The van der Waals surface area contributed by atoms with E-state index < -0.39 is 0 Å². The maximum Gasteiger partial charge on any atom is 0.170 e. The van der Waals surface area contributed by atoms with Crippen LogP contribution >= 0.6 is 0 Å². The molecule has 0 bridgehead atoms. The lowest BCUT2D eigenvalue weighted by Crippen LogP contribution is -2.10. The highest BCUT2D eigenvalue weighted by molar-refractivity contribution is 5.82. The summed E-state index contributed by atoms with van der Waals surface area (Å²) in [6.45, 7) is 3.59. The zero-order valence-corrected chi connectivity index (χ0v) is 10.6. The largest absolute Gasteiger partial charge is 0.456 e. The van der Waals surface area contributed by atoms with E-state index in [4.69, 9.17) is 8.83 Å². The summed E-state index contributed by atoms with van der Waals surface area (Å²) in [6.07, 6.45) is 0. The smallest absolute Gasteiger partial charge is 0.170 e. The number of para-hydroxylation sites is 1. The number of rotatable bonds is 4. The standard InChI is InChI=1S/C15H14FNO2/c1-2-17-9-11-6-7-13(18-11)14-8-10-4-3-5-12(16)15(10)19-14/h3-8,17H,2,9H2,1H3. The van der Waals surface area contributed by atoms with Gasteiger partial charge in [0.15, 0.2) is 22.9 Å². The molecule has 0 unspecified atom stereocenters. The molecule has 0 saturated heterocycles. The van der Waals surface area contributed by atoms with E-state index in [-0.39, 0.29) is 11.4 Å². The zero-order chi connectivity index (χ0) is 13.2. The van der Waals surface area contributed by atoms with Gasteiger partial charge >= 0.3 is 0 Å². The van der Waals surface area contributed by atoms with Gasteiger partial charge in [0.25, 0.3) is 0 Å².